The van der Waals surface area contributed by atoms with Crippen LogP contribution in [0.25, 0.3) is 0 Å². The van der Waals surface area contributed by atoms with E-state index in [2.05, 4.69) is 10.5 Å². The standard InChI is InChI=1S/C9H13N3O3/c1-6-4-7(5-15-6)9(13)11-3-2-8(10)12-14/h4-5,14H,2-3H2,1H3,(H2,10,12)(H,11,13). The Morgan fingerprint density at radius 1 is 1.73 bits per heavy atom. The van der Waals surface area contributed by atoms with Crippen LogP contribution < -0.4 is 11.1 Å². The van der Waals surface area contributed by atoms with Gasteiger partial charge in [-0.2, -0.15) is 0 Å². The molecule has 1 heterocycles. The van der Waals surface area contributed by atoms with Crippen molar-refractivity contribution in [2.75, 3.05) is 6.54 Å². The molecule has 1 rings (SSSR count). The van der Waals surface area contributed by atoms with Crippen molar-refractivity contribution in [3.8, 4) is 0 Å². The van der Waals surface area contributed by atoms with Crippen LogP contribution in [0, 0.1) is 6.92 Å². The second-order valence-corrected chi connectivity index (χ2v) is 3.04. The van der Waals surface area contributed by atoms with E-state index >= 15 is 0 Å². The fraction of sp³-hybridized carbons (Fsp3) is 0.333. The molecule has 1 aromatic heterocycles. The fourth-order valence-electron chi connectivity index (χ4n) is 1.02. The van der Waals surface area contributed by atoms with E-state index in [0.29, 0.717) is 24.3 Å². The van der Waals surface area contributed by atoms with Crippen LogP contribution in [0.2, 0.25) is 0 Å². The molecule has 0 aliphatic rings. The lowest BCUT2D eigenvalue weighted by molar-refractivity contribution is 0.0954. The van der Waals surface area contributed by atoms with E-state index in [1.807, 2.05) is 0 Å². The maximum atomic E-state index is 11.4. The molecule has 1 amide bonds. The van der Waals surface area contributed by atoms with Crippen LogP contribution in [0.15, 0.2) is 21.9 Å². The first-order valence-corrected chi connectivity index (χ1v) is 4.43. The average Bonchev–Trinajstić information content (AvgIpc) is 2.64. The van der Waals surface area contributed by atoms with Crippen LogP contribution in [0.3, 0.4) is 0 Å². The minimum Gasteiger partial charge on any atom is -0.469 e. The smallest absolute Gasteiger partial charge is 0.254 e. The number of aryl methyl sites for hydroxylation is 1. The van der Waals surface area contributed by atoms with E-state index in [4.69, 9.17) is 15.4 Å². The summed E-state index contributed by atoms with van der Waals surface area (Å²) < 4.78 is 4.98. The molecule has 6 heteroatoms. The third-order valence-electron chi connectivity index (χ3n) is 1.79. The third-order valence-corrected chi connectivity index (χ3v) is 1.79. The van der Waals surface area contributed by atoms with Gasteiger partial charge < -0.3 is 20.7 Å². The first-order chi connectivity index (χ1) is 7.13. The van der Waals surface area contributed by atoms with Crippen LogP contribution in [0.1, 0.15) is 22.5 Å². The van der Waals surface area contributed by atoms with Gasteiger partial charge in [0, 0.05) is 13.0 Å². The number of nitrogens with one attached hydrogen (secondary N) is 1. The molecule has 0 atom stereocenters. The molecule has 0 saturated heterocycles. The van der Waals surface area contributed by atoms with Gasteiger partial charge in [-0.1, -0.05) is 5.16 Å². The zero-order chi connectivity index (χ0) is 11.3. The predicted molar refractivity (Wildman–Crippen MR) is 53.8 cm³/mol. The summed E-state index contributed by atoms with van der Waals surface area (Å²) in [5, 5.41) is 13.6. The largest absolute Gasteiger partial charge is 0.469 e. The Labute approximate surface area is 86.7 Å². The van der Waals surface area contributed by atoms with Gasteiger partial charge in [-0.3, -0.25) is 4.79 Å². The molecule has 0 aliphatic heterocycles. The molecule has 1 aromatic rings. The average molecular weight is 211 g/mol. The Balaban J connectivity index is 2.37. The summed E-state index contributed by atoms with van der Waals surface area (Å²) in [6.45, 7) is 2.08. The molecule has 0 spiro atoms. The molecule has 0 aromatic carbocycles. The number of nitrogens with two attached hydrogens (primary N) is 1. The summed E-state index contributed by atoms with van der Waals surface area (Å²) in [6, 6.07) is 1.64. The highest BCUT2D eigenvalue weighted by molar-refractivity contribution is 5.94. The summed E-state index contributed by atoms with van der Waals surface area (Å²) in [6.07, 6.45) is 1.69. The highest BCUT2D eigenvalue weighted by atomic mass is 16.4. The zero-order valence-electron chi connectivity index (χ0n) is 8.36. The maximum absolute atomic E-state index is 11.4. The number of carbonyl (C=O) groups is 1. The lowest BCUT2D eigenvalue weighted by atomic mass is 10.3. The Hall–Kier alpha value is -1.98. The van der Waals surface area contributed by atoms with Crippen molar-refractivity contribution in [2.24, 2.45) is 10.9 Å². The minimum atomic E-state index is -0.238. The molecular formula is C9H13N3O3. The third kappa shape index (κ3) is 3.34. The van der Waals surface area contributed by atoms with Gasteiger partial charge in [-0.25, -0.2) is 0 Å². The van der Waals surface area contributed by atoms with Gasteiger partial charge in [-0.05, 0) is 13.0 Å². The van der Waals surface area contributed by atoms with Gasteiger partial charge in [0.15, 0.2) is 0 Å². The summed E-state index contributed by atoms with van der Waals surface area (Å²) >= 11 is 0. The molecule has 0 unspecified atom stereocenters. The minimum absolute atomic E-state index is 0.0821. The molecule has 4 N–H and O–H groups in total. The van der Waals surface area contributed by atoms with Crippen molar-refractivity contribution in [3.63, 3.8) is 0 Å². The van der Waals surface area contributed by atoms with Gasteiger partial charge >= 0.3 is 0 Å². The molecule has 15 heavy (non-hydrogen) atoms. The first kappa shape index (κ1) is 11.1. The lowest BCUT2D eigenvalue weighted by Crippen LogP contribution is -2.27. The highest BCUT2D eigenvalue weighted by Gasteiger charge is 2.07. The van der Waals surface area contributed by atoms with E-state index in [0.717, 1.165) is 0 Å². The summed E-state index contributed by atoms with van der Waals surface area (Å²) in [7, 11) is 0. The molecule has 82 valence electrons. The Morgan fingerprint density at radius 2 is 2.47 bits per heavy atom. The van der Waals surface area contributed by atoms with Gasteiger partial charge in [0.25, 0.3) is 5.91 Å². The fourth-order valence-corrected chi connectivity index (χ4v) is 1.02. The van der Waals surface area contributed by atoms with E-state index in [-0.39, 0.29) is 11.7 Å². The summed E-state index contributed by atoms with van der Waals surface area (Å²) in [5.74, 6) is 0.521. The number of amidine groups is 1. The summed E-state index contributed by atoms with van der Waals surface area (Å²) in [5.41, 5.74) is 5.70. The number of furan rings is 1. The topological polar surface area (TPSA) is 101 Å². The van der Waals surface area contributed by atoms with E-state index in [9.17, 15) is 4.79 Å². The first-order valence-electron chi connectivity index (χ1n) is 4.43. The van der Waals surface area contributed by atoms with Crippen LogP contribution in [-0.2, 0) is 0 Å². The van der Waals surface area contributed by atoms with Gasteiger partial charge in [0.2, 0.25) is 0 Å². The lowest BCUT2D eigenvalue weighted by Gasteiger charge is -2.01. The molecule has 0 radical (unpaired) electrons. The van der Waals surface area contributed by atoms with Crippen molar-refractivity contribution in [2.45, 2.75) is 13.3 Å². The molecular weight excluding hydrogens is 198 g/mol. The van der Waals surface area contributed by atoms with Crippen LogP contribution in [-0.4, -0.2) is 23.5 Å². The Kier molecular flexibility index (Phi) is 3.73. The van der Waals surface area contributed by atoms with Crippen molar-refractivity contribution in [1.29, 1.82) is 0 Å². The van der Waals surface area contributed by atoms with E-state index in [1.165, 1.54) is 6.26 Å². The number of hydrogen-bond acceptors (Lipinski definition) is 4. The van der Waals surface area contributed by atoms with Gasteiger partial charge in [0.1, 0.15) is 17.9 Å². The second-order valence-electron chi connectivity index (χ2n) is 3.04. The number of amides is 1. The number of nitrogens with zero attached hydrogens (tertiary/aromatic N) is 1. The Bertz CT molecular complexity index is 370. The quantitative estimate of drug-likeness (QED) is 0.291. The number of carbonyl (C=O) groups excluding carboxylic acids is 1. The molecule has 0 saturated carbocycles. The van der Waals surface area contributed by atoms with E-state index < -0.39 is 0 Å². The number of hydrogen-bond donors (Lipinski definition) is 3. The van der Waals surface area contributed by atoms with Crippen molar-refractivity contribution in [3.05, 3.63) is 23.7 Å². The normalized spacial score (nSPS) is 11.4. The molecule has 0 aliphatic carbocycles. The van der Waals surface area contributed by atoms with Gasteiger partial charge in [-0.15, -0.1) is 0 Å². The number of rotatable bonds is 4. The van der Waals surface area contributed by atoms with Crippen LogP contribution in [0.4, 0.5) is 0 Å². The van der Waals surface area contributed by atoms with Crippen molar-refractivity contribution in [1.82, 2.24) is 5.32 Å². The Morgan fingerprint density at radius 3 is 3.00 bits per heavy atom. The van der Waals surface area contributed by atoms with E-state index in [1.54, 1.807) is 13.0 Å². The molecule has 0 bridgehead atoms. The zero-order valence-corrected chi connectivity index (χ0v) is 8.36. The predicted octanol–water partition coefficient (Wildman–Crippen LogP) is 0.454. The maximum Gasteiger partial charge on any atom is 0.254 e. The van der Waals surface area contributed by atoms with Crippen molar-refractivity contribution >= 4 is 11.7 Å². The second kappa shape index (κ2) is 5.04. The SMILES string of the molecule is Cc1cc(C(=O)NCCC(N)=NO)co1. The summed E-state index contributed by atoms with van der Waals surface area (Å²) in [4.78, 5) is 11.4. The highest BCUT2D eigenvalue weighted by Crippen LogP contribution is 2.05. The van der Waals surface area contributed by atoms with Crippen LogP contribution >= 0.6 is 0 Å². The monoisotopic (exact) mass is 211 g/mol. The van der Waals surface area contributed by atoms with Gasteiger partial charge in [0.05, 0.1) is 5.56 Å². The van der Waals surface area contributed by atoms with Crippen LogP contribution in [0.5, 0.6) is 0 Å². The number of oxime groups is 1. The van der Waals surface area contributed by atoms with Crippen molar-refractivity contribution < 1.29 is 14.4 Å². The molecule has 6 nitrogen and oxygen atoms in total. The molecule has 0 fully saturated rings.